The lowest BCUT2D eigenvalue weighted by Crippen LogP contribution is -2.28. The van der Waals surface area contributed by atoms with Crippen LogP contribution in [0.15, 0.2) is 0 Å². The second-order valence-corrected chi connectivity index (χ2v) is 6.45. The van der Waals surface area contributed by atoms with E-state index in [1.165, 1.54) is 47.3 Å². The molecule has 74 valence electrons. The van der Waals surface area contributed by atoms with Crippen molar-refractivity contribution in [1.29, 1.82) is 0 Å². The van der Waals surface area contributed by atoms with Crippen molar-refractivity contribution < 1.29 is 0 Å². The smallest absolute Gasteiger partial charge is 0.145 e. The van der Waals surface area contributed by atoms with Crippen molar-refractivity contribution in [2.75, 3.05) is 0 Å². The minimum atomic E-state index is 0.431. The van der Waals surface area contributed by atoms with E-state index in [1.807, 2.05) is 0 Å². The van der Waals surface area contributed by atoms with Crippen molar-refractivity contribution >= 4 is 54.7 Å². The molecule has 13 heavy (non-hydrogen) atoms. The van der Waals surface area contributed by atoms with Crippen LogP contribution >= 0.6 is 46.0 Å². The van der Waals surface area contributed by atoms with Gasteiger partial charge in [0.1, 0.15) is 8.64 Å². The summed E-state index contributed by atoms with van der Waals surface area (Å²) < 4.78 is 1.23. The summed E-state index contributed by atoms with van der Waals surface area (Å²) in [6, 6.07) is 0.576. The van der Waals surface area contributed by atoms with Gasteiger partial charge in [0, 0.05) is 6.04 Å². The highest BCUT2D eigenvalue weighted by Crippen LogP contribution is 2.24. The van der Waals surface area contributed by atoms with Gasteiger partial charge in [-0.3, -0.25) is 0 Å². The summed E-state index contributed by atoms with van der Waals surface area (Å²) in [4.78, 5) is 0. The van der Waals surface area contributed by atoms with E-state index in [9.17, 15) is 0 Å². The van der Waals surface area contributed by atoms with Gasteiger partial charge in [0.15, 0.2) is 0 Å². The second kappa shape index (κ2) is 6.06. The van der Waals surface area contributed by atoms with E-state index in [0.717, 1.165) is 4.32 Å². The van der Waals surface area contributed by atoms with Crippen LogP contribution in [0, 0.1) is 0 Å². The van der Waals surface area contributed by atoms with Gasteiger partial charge in [-0.25, -0.2) is 0 Å². The predicted molar refractivity (Wildman–Crippen MR) is 70.0 cm³/mol. The van der Waals surface area contributed by atoms with Crippen LogP contribution in [0.4, 0.5) is 0 Å². The van der Waals surface area contributed by atoms with E-state index in [2.05, 4.69) is 5.32 Å². The van der Waals surface area contributed by atoms with Crippen LogP contribution in [-0.4, -0.2) is 14.7 Å². The minimum absolute atomic E-state index is 0.431. The second-order valence-electron chi connectivity index (χ2n) is 2.90. The first-order valence-corrected chi connectivity index (χ1v) is 7.09. The zero-order valence-corrected chi connectivity index (χ0v) is 10.4. The molecule has 1 aliphatic carbocycles. The molecule has 0 spiro atoms. The summed E-state index contributed by atoms with van der Waals surface area (Å²) in [5, 5.41) is 3.29. The molecule has 0 aliphatic heterocycles. The summed E-state index contributed by atoms with van der Waals surface area (Å²) in [5.74, 6) is 0. The largest absolute Gasteiger partial charge is 0.384 e. The fourth-order valence-electron chi connectivity index (χ4n) is 1.34. The molecular weight excluding hydrogens is 240 g/mol. The lowest BCUT2D eigenvalue weighted by atomic mass is 10.3. The highest BCUT2D eigenvalue weighted by Gasteiger charge is 2.15. The Balaban J connectivity index is 2.13. The first-order valence-electron chi connectivity index (χ1n) is 4.13. The molecule has 0 radical (unpaired) electrons. The van der Waals surface area contributed by atoms with Gasteiger partial charge in [0.2, 0.25) is 0 Å². The van der Waals surface area contributed by atoms with Crippen LogP contribution in [0.3, 0.4) is 0 Å². The third kappa shape index (κ3) is 5.05. The third-order valence-electron chi connectivity index (χ3n) is 1.88. The first kappa shape index (κ1) is 11.6. The molecule has 0 atom stereocenters. The van der Waals surface area contributed by atoms with Gasteiger partial charge in [-0.1, -0.05) is 37.3 Å². The zero-order valence-electron chi connectivity index (χ0n) is 7.12. The quantitative estimate of drug-likeness (QED) is 0.551. The van der Waals surface area contributed by atoms with Crippen molar-refractivity contribution in [1.82, 2.24) is 5.32 Å². The van der Waals surface area contributed by atoms with Crippen LogP contribution in [-0.2, 0) is 0 Å². The van der Waals surface area contributed by atoms with Gasteiger partial charge in [-0.2, -0.15) is 0 Å². The van der Waals surface area contributed by atoms with Crippen molar-refractivity contribution in [3.05, 3.63) is 0 Å². The predicted octanol–water partition coefficient (Wildman–Crippen LogP) is 2.43. The lowest BCUT2D eigenvalue weighted by Gasteiger charge is -2.12. The molecule has 0 saturated heterocycles. The van der Waals surface area contributed by atoms with E-state index in [4.69, 9.17) is 30.2 Å². The maximum absolute atomic E-state index is 5.34. The number of thiocarbonyl (C=S) groups is 2. The molecule has 0 aromatic rings. The maximum atomic E-state index is 5.34. The molecule has 0 bridgehead atoms. The molecule has 0 aromatic heterocycles. The highest BCUT2D eigenvalue weighted by molar-refractivity contribution is 8.89. The molecule has 0 heterocycles. The standard InChI is InChI=1S/C7H12N2S4/c8-6(10)12-13-7(11)9-5-3-1-2-4-5/h5H,1-4H2,(H2,8,10)(H,9,11). The van der Waals surface area contributed by atoms with Gasteiger partial charge >= 0.3 is 0 Å². The molecule has 3 N–H and O–H groups in total. The van der Waals surface area contributed by atoms with Gasteiger partial charge < -0.3 is 11.1 Å². The molecule has 2 nitrogen and oxygen atoms in total. The van der Waals surface area contributed by atoms with Crippen LogP contribution in [0.25, 0.3) is 0 Å². The van der Waals surface area contributed by atoms with E-state index in [0.29, 0.717) is 10.4 Å². The Labute approximate surface area is 97.2 Å². The van der Waals surface area contributed by atoms with Gasteiger partial charge in [-0.05, 0) is 34.4 Å². The van der Waals surface area contributed by atoms with E-state index >= 15 is 0 Å². The molecule has 0 amide bonds. The Morgan fingerprint density at radius 1 is 1.23 bits per heavy atom. The number of nitrogens with two attached hydrogens (primary N) is 1. The normalized spacial score (nSPS) is 17.2. The summed E-state index contributed by atoms with van der Waals surface area (Å²) in [6.07, 6.45) is 5.09. The number of hydrogen-bond donors (Lipinski definition) is 2. The van der Waals surface area contributed by atoms with Crippen molar-refractivity contribution in [3.8, 4) is 0 Å². The monoisotopic (exact) mass is 252 g/mol. The summed E-state index contributed by atoms with van der Waals surface area (Å²) >= 11 is 9.85. The topological polar surface area (TPSA) is 38.0 Å². The molecule has 0 aromatic carbocycles. The Bertz CT molecular complexity index is 201. The van der Waals surface area contributed by atoms with Gasteiger partial charge in [0.25, 0.3) is 0 Å². The summed E-state index contributed by atoms with van der Waals surface area (Å²) in [7, 11) is 2.79. The lowest BCUT2D eigenvalue weighted by molar-refractivity contribution is 0.639. The Kier molecular flexibility index (Phi) is 5.38. The number of hydrogen-bond acceptors (Lipinski definition) is 4. The number of rotatable bonds is 1. The fraction of sp³-hybridized carbons (Fsp3) is 0.714. The van der Waals surface area contributed by atoms with Crippen LogP contribution in [0.1, 0.15) is 25.7 Å². The SMILES string of the molecule is NC(=S)SSC(=S)NC1CCCC1. The molecule has 1 rings (SSSR count). The van der Waals surface area contributed by atoms with E-state index in [1.54, 1.807) is 0 Å². The highest BCUT2D eigenvalue weighted by atomic mass is 33.1. The fourth-order valence-corrected chi connectivity index (χ4v) is 3.11. The maximum Gasteiger partial charge on any atom is 0.145 e. The summed E-state index contributed by atoms with van der Waals surface area (Å²) in [6.45, 7) is 0. The Hall–Kier alpha value is 0.480. The minimum Gasteiger partial charge on any atom is -0.384 e. The Morgan fingerprint density at radius 2 is 1.85 bits per heavy atom. The zero-order chi connectivity index (χ0) is 9.68. The third-order valence-corrected chi connectivity index (χ3v) is 4.93. The average Bonchev–Trinajstić information content (AvgIpc) is 2.53. The van der Waals surface area contributed by atoms with Crippen molar-refractivity contribution in [2.24, 2.45) is 5.73 Å². The van der Waals surface area contributed by atoms with Crippen LogP contribution < -0.4 is 11.1 Å². The van der Waals surface area contributed by atoms with Crippen molar-refractivity contribution in [2.45, 2.75) is 31.7 Å². The van der Waals surface area contributed by atoms with Crippen molar-refractivity contribution in [3.63, 3.8) is 0 Å². The van der Waals surface area contributed by atoms with Crippen LogP contribution in [0.2, 0.25) is 0 Å². The molecule has 0 unspecified atom stereocenters. The average molecular weight is 252 g/mol. The molecule has 1 saturated carbocycles. The summed E-state index contributed by atoms with van der Waals surface area (Å²) in [5.41, 5.74) is 5.34. The van der Waals surface area contributed by atoms with Gasteiger partial charge in [-0.15, -0.1) is 0 Å². The van der Waals surface area contributed by atoms with Crippen LogP contribution in [0.5, 0.6) is 0 Å². The molecular formula is C7H12N2S4. The van der Waals surface area contributed by atoms with E-state index < -0.39 is 0 Å². The molecule has 6 heteroatoms. The molecule has 1 aliphatic rings. The first-order chi connectivity index (χ1) is 6.18. The Morgan fingerprint density at radius 3 is 2.38 bits per heavy atom. The molecule has 1 fully saturated rings. The van der Waals surface area contributed by atoms with E-state index in [-0.39, 0.29) is 0 Å². The van der Waals surface area contributed by atoms with Gasteiger partial charge in [0.05, 0.1) is 0 Å². The number of nitrogens with one attached hydrogen (secondary N) is 1.